The number of halogens is 3. The number of thiocarbonyl (C=S) groups is 1. The molecule has 1 fully saturated rings. The highest BCUT2D eigenvalue weighted by molar-refractivity contribution is 7.99. The Labute approximate surface area is 201 Å². The van der Waals surface area contributed by atoms with Crippen LogP contribution in [0.2, 0.25) is 15.1 Å². The van der Waals surface area contributed by atoms with Crippen molar-refractivity contribution in [3.05, 3.63) is 81.0 Å². The van der Waals surface area contributed by atoms with Crippen molar-refractivity contribution >= 4 is 87.5 Å². The quantitative estimate of drug-likeness (QED) is 0.257. The van der Waals surface area contributed by atoms with E-state index in [1.54, 1.807) is 42.5 Å². The van der Waals surface area contributed by atoms with E-state index in [2.05, 4.69) is 5.32 Å². The SMILES string of the molecule is O=C1NC(=S)N(c2cccc(Cl)c2Cl)C(=O)/C1=C/c1ccc(Sc2ccc(Cl)cc2)o1. The highest BCUT2D eigenvalue weighted by Gasteiger charge is 2.36. The first kappa shape index (κ1) is 21.9. The summed E-state index contributed by atoms with van der Waals surface area (Å²) in [6.07, 6.45) is 1.36. The van der Waals surface area contributed by atoms with Gasteiger partial charge in [-0.1, -0.05) is 52.6 Å². The maximum Gasteiger partial charge on any atom is 0.270 e. The molecule has 156 valence electrons. The third-order valence-corrected chi connectivity index (χ3v) is 6.47. The van der Waals surface area contributed by atoms with Gasteiger partial charge in [0.25, 0.3) is 11.8 Å². The molecule has 0 atom stereocenters. The number of anilines is 1. The van der Waals surface area contributed by atoms with Crippen LogP contribution in [-0.4, -0.2) is 16.9 Å². The number of carbonyl (C=O) groups excluding carboxylic acids is 2. The van der Waals surface area contributed by atoms with Crippen LogP contribution in [0.3, 0.4) is 0 Å². The predicted molar refractivity (Wildman–Crippen MR) is 127 cm³/mol. The van der Waals surface area contributed by atoms with Crippen LogP contribution in [0.5, 0.6) is 0 Å². The average Bonchev–Trinajstić information content (AvgIpc) is 3.17. The van der Waals surface area contributed by atoms with Gasteiger partial charge in [-0.25, -0.2) is 0 Å². The van der Waals surface area contributed by atoms with E-state index in [0.29, 0.717) is 15.9 Å². The monoisotopic (exact) mass is 508 g/mol. The van der Waals surface area contributed by atoms with Gasteiger partial charge in [0.15, 0.2) is 10.2 Å². The van der Waals surface area contributed by atoms with E-state index in [4.69, 9.17) is 51.4 Å². The van der Waals surface area contributed by atoms with Crippen LogP contribution >= 0.6 is 58.8 Å². The minimum atomic E-state index is -0.638. The molecule has 5 nitrogen and oxygen atoms in total. The van der Waals surface area contributed by atoms with Crippen LogP contribution in [0.25, 0.3) is 6.08 Å². The van der Waals surface area contributed by atoms with Crippen molar-refractivity contribution in [2.45, 2.75) is 9.99 Å². The summed E-state index contributed by atoms with van der Waals surface area (Å²) in [4.78, 5) is 27.6. The summed E-state index contributed by atoms with van der Waals surface area (Å²) in [6, 6.07) is 15.5. The Morgan fingerprint density at radius 2 is 1.74 bits per heavy atom. The molecule has 2 aromatic carbocycles. The molecule has 1 saturated heterocycles. The molecule has 0 spiro atoms. The molecule has 10 heteroatoms. The van der Waals surface area contributed by atoms with E-state index in [1.807, 2.05) is 12.1 Å². The molecule has 3 aromatic rings. The van der Waals surface area contributed by atoms with Crippen LogP contribution in [-0.2, 0) is 9.59 Å². The smallest absolute Gasteiger partial charge is 0.270 e. The highest BCUT2D eigenvalue weighted by atomic mass is 35.5. The molecule has 1 aliphatic rings. The lowest BCUT2D eigenvalue weighted by Gasteiger charge is -2.29. The van der Waals surface area contributed by atoms with E-state index in [1.165, 1.54) is 17.8 Å². The number of benzene rings is 2. The number of hydrogen-bond acceptors (Lipinski definition) is 5. The Morgan fingerprint density at radius 1 is 1.00 bits per heavy atom. The molecule has 0 bridgehead atoms. The topological polar surface area (TPSA) is 62.6 Å². The minimum Gasteiger partial charge on any atom is -0.450 e. The fraction of sp³-hybridized carbons (Fsp3) is 0. The molecule has 2 amide bonds. The zero-order chi connectivity index (χ0) is 22.1. The summed E-state index contributed by atoms with van der Waals surface area (Å²) in [5, 5.41) is 4.04. The van der Waals surface area contributed by atoms with Gasteiger partial charge in [-0.15, -0.1) is 0 Å². The van der Waals surface area contributed by atoms with Gasteiger partial charge in [-0.2, -0.15) is 0 Å². The number of rotatable bonds is 4. The van der Waals surface area contributed by atoms with Crippen LogP contribution in [0, 0.1) is 0 Å². The van der Waals surface area contributed by atoms with Gasteiger partial charge in [0.05, 0.1) is 15.7 Å². The predicted octanol–water partition coefficient (Wildman–Crippen LogP) is 6.22. The van der Waals surface area contributed by atoms with Gasteiger partial charge in [-0.3, -0.25) is 19.8 Å². The largest absolute Gasteiger partial charge is 0.450 e. The molecular weight excluding hydrogens is 499 g/mol. The second kappa shape index (κ2) is 9.06. The summed E-state index contributed by atoms with van der Waals surface area (Å²) in [5.41, 5.74) is 0.121. The third-order valence-electron chi connectivity index (χ3n) is 4.19. The van der Waals surface area contributed by atoms with Gasteiger partial charge in [0, 0.05) is 9.92 Å². The second-order valence-corrected chi connectivity index (χ2v) is 8.93. The van der Waals surface area contributed by atoms with Crippen molar-refractivity contribution < 1.29 is 14.0 Å². The van der Waals surface area contributed by atoms with E-state index in [0.717, 1.165) is 9.80 Å². The maximum absolute atomic E-state index is 13.1. The number of amides is 2. The van der Waals surface area contributed by atoms with Crippen LogP contribution in [0.1, 0.15) is 5.76 Å². The van der Waals surface area contributed by atoms with Gasteiger partial charge in [-0.05, 0) is 66.8 Å². The number of furan rings is 1. The van der Waals surface area contributed by atoms with Crippen molar-refractivity contribution in [1.82, 2.24) is 5.32 Å². The Hall–Kier alpha value is -2.29. The molecule has 0 aliphatic carbocycles. The first-order chi connectivity index (χ1) is 14.8. The standard InChI is InChI=1S/C21H11Cl3N2O3S2/c22-11-4-7-13(8-5-11)31-17-9-6-12(29-17)10-14-19(27)25-21(30)26(20(14)28)16-3-1-2-15(23)18(16)24/h1-10H,(H,25,27,30)/b14-10+. The summed E-state index contributed by atoms with van der Waals surface area (Å²) in [6.45, 7) is 0. The number of nitrogens with one attached hydrogen (secondary N) is 1. The van der Waals surface area contributed by atoms with E-state index in [9.17, 15) is 9.59 Å². The number of nitrogens with zero attached hydrogens (tertiary/aromatic N) is 1. The van der Waals surface area contributed by atoms with Crippen molar-refractivity contribution in [3.63, 3.8) is 0 Å². The number of hydrogen-bond donors (Lipinski definition) is 1. The van der Waals surface area contributed by atoms with Crippen LogP contribution in [0.15, 0.2) is 74.6 Å². The summed E-state index contributed by atoms with van der Waals surface area (Å²) in [5.74, 6) is -0.936. The van der Waals surface area contributed by atoms with Crippen molar-refractivity contribution in [1.29, 1.82) is 0 Å². The summed E-state index contributed by atoms with van der Waals surface area (Å²) in [7, 11) is 0. The lowest BCUT2D eigenvalue weighted by molar-refractivity contribution is -0.122. The lowest BCUT2D eigenvalue weighted by atomic mass is 10.1. The van der Waals surface area contributed by atoms with Crippen LogP contribution in [0.4, 0.5) is 5.69 Å². The average molecular weight is 510 g/mol. The molecule has 2 heterocycles. The molecule has 1 aromatic heterocycles. The minimum absolute atomic E-state index is 0.0882. The van der Waals surface area contributed by atoms with Crippen molar-refractivity contribution in [2.24, 2.45) is 0 Å². The number of carbonyl (C=O) groups is 2. The Kier molecular flexibility index (Phi) is 6.41. The molecule has 31 heavy (non-hydrogen) atoms. The first-order valence-corrected chi connectivity index (χ1v) is 11.1. The maximum atomic E-state index is 13.1. The van der Waals surface area contributed by atoms with E-state index < -0.39 is 11.8 Å². The van der Waals surface area contributed by atoms with Crippen LogP contribution < -0.4 is 10.2 Å². The normalized spacial score (nSPS) is 15.5. The Bertz CT molecular complexity index is 1240. The summed E-state index contributed by atoms with van der Waals surface area (Å²) >= 11 is 24.8. The molecule has 0 radical (unpaired) electrons. The zero-order valence-electron chi connectivity index (χ0n) is 15.4. The lowest BCUT2D eigenvalue weighted by Crippen LogP contribution is -2.54. The fourth-order valence-electron chi connectivity index (χ4n) is 2.77. The van der Waals surface area contributed by atoms with Crippen molar-refractivity contribution in [2.75, 3.05) is 4.90 Å². The molecule has 1 N–H and O–H groups in total. The molecular formula is C21H11Cl3N2O3S2. The van der Waals surface area contributed by atoms with E-state index in [-0.39, 0.29) is 26.4 Å². The molecule has 1 aliphatic heterocycles. The van der Waals surface area contributed by atoms with Gasteiger partial charge in [0.1, 0.15) is 11.3 Å². The van der Waals surface area contributed by atoms with Gasteiger partial charge < -0.3 is 4.42 Å². The highest BCUT2D eigenvalue weighted by Crippen LogP contribution is 2.35. The zero-order valence-corrected chi connectivity index (χ0v) is 19.3. The van der Waals surface area contributed by atoms with Gasteiger partial charge >= 0.3 is 0 Å². The van der Waals surface area contributed by atoms with Crippen molar-refractivity contribution in [3.8, 4) is 0 Å². The molecule has 4 rings (SSSR count). The third kappa shape index (κ3) is 4.66. The molecule has 0 saturated carbocycles. The Balaban J connectivity index is 1.62. The fourth-order valence-corrected chi connectivity index (χ4v) is 4.33. The first-order valence-electron chi connectivity index (χ1n) is 8.72. The second-order valence-electron chi connectivity index (χ2n) is 6.24. The summed E-state index contributed by atoms with van der Waals surface area (Å²) < 4.78 is 5.75. The van der Waals surface area contributed by atoms with Gasteiger partial charge in [0.2, 0.25) is 0 Å². The Morgan fingerprint density at radius 3 is 2.48 bits per heavy atom. The van der Waals surface area contributed by atoms with E-state index >= 15 is 0 Å². The molecule has 0 unspecified atom stereocenters.